The van der Waals surface area contributed by atoms with Crippen molar-refractivity contribution in [3.8, 4) is 0 Å². The summed E-state index contributed by atoms with van der Waals surface area (Å²) in [6.07, 6.45) is 2.16. The lowest BCUT2D eigenvalue weighted by atomic mass is 10.2. The second kappa shape index (κ2) is 11.7. The van der Waals surface area contributed by atoms with Gasteiger partial charge in [0.2, 0.25) is 0 Å². The molecule has 0 spiro atoms. The zero-order chi connectivity index (χ0) is 12.2. The van der Waals surface area contributed by atoms with Crippen LogP contribution in [-0.2, 0) is 4.74 Å². The molecule has 3 nitrogen and oxygen atoms in total. The van der Waals surface area contributed by atoms with Crippen molar-refractivity contribution in [1.82, 2.24) is 10.6 Å². The van der Waals surface area contributed by atoms with Crippen molar-refractivity contribution in [3.05, 3.63) is 0 Å². The first-order valence-electron chi connectivity index (χ1n) is 6.33. The third-order valence-corrected chi connectivity index (χ3v) is 2.28. The molecule has 0 heterocycles. The lowest BCUT2D eigenvalue weighted by molar-refractivity contribution is 0.129. The number of ether oxygens (including phenoxy) is 1. The van der Waals surface area contributed by atoms with E-state index in [1.54, 1.807) is 0 Å². The van der Waals surface area contributed by atoms with Crippen molar-refractivity contribution in [2.45, 2.75) is 39.0 Å². The highest BCUT2D eigenvalue weighted by Gasteiger charge is 1.94. The average Bonchev–Trinajstić information content (AvgIpc) is 2.20. The van der Waals surface area contributed by atoms with Crippen LogP contribution in [0.5, 0.6) is 0 Å². The zero-order valence-corrected chi connectivity index (χ0v) is 11.9. The summed E-state index contributed by atoms with van der Waals surface area (Å²) < 4.78 is 5.52. The van der Waals surface area contributed by atoms with Gasteiger partial charge in [0.05, 0.1) is 0 Å². The van der Waals surface area contributed by atoms with Gasteiger partial charge in [-0.25, -0.2) is 0 Å². The highest BCUT2D eigenvalue weighted by atomic mass is 32.1. The van der Waals surface area contributed by atoms with Crippen LogP contribution >= 0.6 is 12.6 Å². The van der Waals surface area contributed by atoms with Gasteiger partial charge in [0, 0.05) is 18.6 Å². The van der Waals surface area contributed by atoms with Gasteiger partial charge in [-0.3, -0.25) is 0 Å². The van der Waals surface area contributed by atoms with Crippen molar-refractivity contribution < 1.29 is 4.74 Å². The van der Waals surface area contributed by atoms with Gasteiger partial charge in [0.25, 0.3) is 0 Å². The first-order valence-corrected chi connectivity index (χ1v) is 6.84. The van der Waals surface area contributed by atoms with Crippen LogP contribution in [0.25, 0.3) is 0 Å². The van der Waals surface area contributed by atoms with Gasteiger partial charge in [0.1, 0.15) is 0 Å². The fraction of sp³-hybridized carbons (Fsp3) is 1.00. The number of nitrogens with one attached hydrogen (secondary N) is 2. The quantitative estimate of drug-likeness (QED) is 0.297. The number of rotatable bonds is 11. The minimum absolute atomic E-state index is 0.278. The summed E-state index contributed by atoms with van der Waals surface area (Å²) in [5.74, 6) is 0.732. The molecular weight excluding hydrogens is 220 g/mol. The average molecular weight is 248 g/mol. The van der Waals surface area contributed by atoms with Crippen LogP contribution in [0.4, 0.5) is 0 Å². The maximum absolute atomic E-state index is 5.52. The summed E-state index contributed by atoms with van der Waals surface area (Å²) in [5, 5.41) is 6.92. The van der Waals surface area contributed by atoms with Crippen LogP contribution in [0.15, 0.2) is 0 Å². The van der Waals surface area contributed by atoms with E-state index in [1.165, 1.54) is 0 Å². The van der Waals surface area contributed by atoms with E-state index in [0.717, 1.165) is 51.6 Å². The molecule has 98 valence electrons. The molecule has 0 fully saturated rings. The van der Waals surface area contributed by atoms with Crippen molar-refractivity contribution in [2.24, 2.45) is 5.92 Å². The number of thiol groups is 1. The number of hydrogen-bond acceptors (Lipinski definition) is 4. The standard InChI is InChI=1S/C12H28N2OS/c1-11(2)10-13-6-4-8-15-9-5-7-14-12(3)16/h11-14,16H,4-10H2,1-3H3. The SMILES string of the molecule is CC(C)CNCCCOCCCNC(C)S. The van der Waals surface area contributed by atoms with Gasteiger partial charge < -0.3 is 15.4 Å². The largest absolute Gasteiger partial charge is 0.381 e. The van der Waals surface area contributed by atoms with Crippen molar-refractivity contribution in [2.75, 3.05) is 32.8 Å². The molecule has 0 aliphatic carbocycles. The minimum atomic E-state index is 0.278. The van der Waals surface area contributed by atoms with Crippen molar-refractivity contribution in [3.63, 3.8) is 0 Å². The molecule has 1 atom stereocenters. The molecule has 0 bridgehead atoms. The van der Waals surface area contributed by atoms with Crippen LogP contribution in [0.3, 0.4) is 0 Å². The molecule has 1 unspecified atom stereocenters. The van der Waals surface area contributed by atoms with E-state index in [2.05, 4.69) is 37.1 Å². The summed E-state index contributed by atoms with van der Waals surface area (Å²) in [7, 11) is 0. The van der Waals surface area contributed by atoms with Gasteiger partial charge >= 0.3 is 0 Å². The topological polar surface area (TPSA) is 33.3 Å². The van der Waals surface area contributed by atoms with Crippen molar-refractivity contribution in [1.29, 1.82) is 0 Å². The predicted octanol–water partition coefficient (Wildman–Crippen LogP) is 1.89. The Balaban J connectivity index is 2.93. The summed E-state index contributed by atoms with van der Waals surface area (Å²) >= 11 is 4.24. The first kappa shape index (κ1) is 16.2. The van der Waals surface area contributed by atoms with E-state index in [1.807, 2.05) is 6.92 Å². The molecule has 0 saturated carbocycles. The maximum atomic E-state index is 5.52. The Morgan fingerprint density at radius 1 is 1.06 bits per heavy atom. The van der Waals surface area contributed by atoms with Crippen LogP contribution in [0.2, 0.25) is 0 Å². The fourth-order valence-corrected chi connectivity index (χ4v) is 1.41. The predicted molar refractivity (Wildman–Crippen MR) is 74.2 cm³/mol. The van der Waals surface area contributed by atoms with E-state index < -0.39 is 0 Å². The van der Waals surface area contributed by atoms with E-state index >= 15 is 0 Å². The Labute approximate surface area is 106 Å². The molecule has 0 saturated heterocycles. The molecular formula is C12H28N2OS. The highest BCUT2D eigenvalue weighted by molar-refractivity contribution is 7.80. The second-order valence-corrected chi connectivity index (χ2v) is 5.32. The van der Waals surface area contributed by atoms with Gasteiger partial charge in [0.15, 0.2) is 0 Å². The summed E-state index contributed by atoms with van der Waals surface area (Å²) in [6, 6.07) is 0. The van der Waals surface area contributed by atoms with Crippen LogP contribution in [-0.4, -0.2) is 38.2 Å². The zero-order valence-electron chi connectivity index (χ0n) is 11.0. The van der Waals surface area contributed by atoms with Gasteiger partial charge in [-0.15, -0.1) is 0 Å². The minimum Gasteiger partial charge on any atom is -0.381 e. The molecule has 4 heteroatoms. The van der Waals surface area contributed by atoms with Gasteiger partial charge in [-0.2, -0.15) is 12.6 Å². The van der Waals surface area contributed by atoms with Crippen LogP contribution < -0.4 is 10.6 Å². The summed E-state index contributed by atoms with van der Waals surface area (Å²) in [4.78, 5) is 0. The summed E-state index contributed by atoms with van der Waals surface area (Å²) in [6.45, 7) is 11.3. The molecule has 0 amide bonds. The normalized spacial score (nSPS) is 13.3. The fourth-order valence-electron chi connectivity index (χ4n) is 1.28. The van der Waals surface area contributed by atoms with Crippen LogP contribution in [0, 0.1) is 5.92 Å². The Bertz CT molecular complexity index is 127. The molecule has 0 radical (unpaired) electrons. The molecule has 0 aliphatic heterocycles. The Hall–Kier alpha value is 0.230. The third-order valence-electron chi connectivity index (χ3n) is 2.10. The second-order valence-electron chi connectivity index (χ2n) is 4.55. The molecule has 2 N–H and O–H groups in total. The Kier molecular flexibility index (Phi) is 11.9. The van der Waals surface area contributed by atoms with Crippen LogP contribution in [0.1, 0.15) is 33.6 Å². The molecule has 0 aliphatic rings. The molecule has 16 heavy (non-hydrogen) atoms. The monoisotopic (exact) mass is 248 g/mol. The van der Waals surface area contributed by atoms with Gasteiger partial charge in [-0.1, -0.05) is 13.8 Å². The highest BCUT2D eigenvalue weighted by Crippen LogP contribution is 1.90. The van der Waals surface area contributed by atoms with E-state index in [4.69, 9.17) is 4.74 Å². The molecule has 0 aromatic rings. The maximum Gasteiger partial charge on any atom is 0.0478 e. The lowest BCUT2D eigenvalue weighted by Crippen LogP contribution is -2.23. The Morgan fingerprint density at radius 2 is 1.69 bits per heavy atom. The summed E-state index contributed by atoms with van der Waals surface area (Å²) in [5.41, 5.74) is 0. The Morgan fingerprint density at radius 3 is 2.25 bits per heavy atom. The molecule has 0 rings (SSSR count). The van der Waals surface area contributed by atoms with Gasteiger partial charge in [-0.05, 0) is 45.3 Å². The first-order chi connectivity index (χ1) is 7.63. The van der Waals surface area contributed by atoms with E-state index in [0.29, 0.717) is 0 Å². The van der Waals surface area contributed by atoms with E-state index in [9.17, 15) is 0 Å². The van der Waals surface area contributed by atoms with Crippen molar-refractivity contribution >= 4 is 12.6 Å². The third kappa shape index (κ3) is 14.2. The molecule has 0 aromatic carbocycles. The smallest absolute Gasteiger partial charge is 0.0478 e. The van der Waals surface area contributed by atoms with E-state index in [-0.39, 0.29) is 5.37 Å². The molecule has 0 aromatic heterocycles. The lowest BCUT2D eigenvalue weighted by Gasteiger charge is -2.09. The number of hydrogen-bond donors (Lipinski definition) is 3.